The Balaban J connectivity index is 0.00000126. The van der Waals surface area contributed by atoms with Crippen LogP contribution in [-0.2, 0) is 0 Å². The molecule has 3 aromatic rings. The van der Waals surface area contributed by atoms with Crippen molar-refractivity contribution in [2.24, 2.45) is 22.2 Å². The standard InChI is InChI=1S/C19H16N4O2.CH5N/c20-11-23-16-6-3-12(4-7-16)19(24)25-17-8-5-13-9-15(18(21)22)2-1-14(13)10-17;1-2/h1-11H,(H2,20,23)(H3,21,22);2H2,1H3. The van der Waals surface area contributed by atoms with Crippen LogP contribution < -0.4 is 21.9 Å². The number of ether oxygens (including phenoxy) is 1. The van der Waals surface area contributed by atoms with E-state index < -0.39 is 5.97 Å². The summed E-state index contributed by atoms with van der Waals surface area (Å²) < 4.78 is 5.42. The van der Waals surface area contributed by atoms with Gasteiger partial charge in [0.2, 0.25) is 0 Å². The van der Waals surface area contributed by atoms with Crippen LogP contribution in [0.2, 0.25) is 0 Å². The minimum Gasteiger partial charge on any atom is -0.423 e. The summed E-state index contributed by atoms with van der Waals surface area (Å²) in [5.41, 5.74) is 17.0. The van der Waals surface area contributed by atoms with E-state index in [4.69, 9.17) is 21.6 Å². The van der Waals surface area contributed by atoms with Gasteiger partial charge in [0.15, 0.2) is 0 Å². The molecule has 0 bridgehead atoms. The number of hydrogen-bond acceptors (Lipinski definition) is 5. The van der Waals surface area contributed by atoms with E-state index in [1.165, 1.54) is 13.4 Å². The van der Waals surface area contributed by atoms with Crippen molar-refractivity contribution in [1.29, 1.82) is 5.41 Å². The van der Waals surface area contributed by atoms with Gasteiger partial charge in [0.1, 0.15) is 11.6 Å². The maximum absolute atomic E-state index is 12.2. The molecule has 0 amide bonds. The highest BCUT2D eigenvalue weighted by atomic mass is 16.5. The van der Waals surface area contributed by atoms with Gasteiger partial charge in [-0.1, -0.05) is 18.2 Å². The average molecular weight is 363 g/mol. The highest BCUT2D eigenvalue weighted by Crippen LogP contribution is 2.23. The number of benzene rings is 3. The van der Waals surface area contributed by atoms with E-state index >= 15 is 0 Å². The Labute approximate surface area is 157 Å². The summed E-state index contributed by atoms with van der Waals surface area (Å²) in [6.07, 6.45) is 1.19. The van der Waals surface area contributed by atoms with Crippen LogP contribution in [0.5, 0.6) is 5.75 Å². The molecule has 27 heavy (non-hydrogen) atoms. The van der Waals surface area contributed by atoms with Crippen molar-refractivity contribution in [3.8, 4) is 5.75 Å². The molecular weight excluding hydrogens is 342 g/mol. The van der Waals surface area contributed by atoms with Crippen molar-refractivity contribution in [2.45, 2.75) is 0 Å². The van der Waals surface area contributed by atoms with Gasteiger partial charge >= 0.3 is 5.97 Å². The van der Waals surface area contributed by atoms with Crippen molar-refractivity contribution in [3.63, 3.8) is 0 Å². The monoisotopic (exact) mass is 363 g/mol. The van der Waals surface area contributed by atoms with Gasteiger partial charge in [-0.05, 0) is 60.3 Å². The van der Waals surface area contributed by atoms with Gasteiger partial charge in [-0.2, -0.15) is 0 Å². The molecule has 0 heterocycles. The zero-order valence-corrected chi connectivity index (χ0v) is 14.8. The van der Waals surface area contributed by atoms with E-state index in [9.17, 15) is 4.79 Å². The number of carbonyl (C=O) groups is 1. The molecule has 7 nitrogen and oxygen atoms in total. The van der Waals surface area contributed by atoms with Gasteiger partial charge < -0.3 is 21.9 Å². The minimum absolute atomic E-state index is 0.0137. The molecule has 0 unspecified atom stereocenters. The first-order valence-electron chi connectivity index (χ1n) is 8.09. The Morgan fingerprint density at radius 2 is 1.56 bits per heavy atom. The number of rotatable bonds is 4. The van der Waals surface area contributed by atoms with Crippen molar-refractivity contribution >= 4 is 34.6 Å². The highest BCUT2D eigenvalue weighted by Gasteiger charge is 2.09. The van der Waals surface area contributed by atoms with Crippen molar-refractivity contribution in [3.05, 3.63) is 71.8 Å². The molecule has 3 aromatic carbocycles. The van der Waals surface area contributed by atoms with Crippen LogP contribution in [-0.4, -0.2) is 25.2 Å². The second kappa shape index (κ2) is 9.12. The molecule has 0 atom stereocenters. The molecule has 0 aliphatic carbocycles. The zero-order chi connectivity index (χ0) is 19.8. The number of aliphatic imine (C=N–C) groups is 1. The number of hydrogen-bond donors (Lipinski definition) is 4. The maximum Gasteiger partial charge on any atom is 0.343 e. The fourth-order valence-electron chi connectivity index (χ4n) is 2.39. The third-order valence-electron chi connectivity index (χ3n) is 3.66. The number of nitrogens with two attached hydrogens (primary N) is 3. The highest BCUT2D eigenvalue weighted by molar-refractivity contribution is 5.99. The number of nitrogen functional groups attached to an aromatic ring is 1. The number of fused-ring (bicyclic) bond motifs is 1. The SMILES string of the molecule is CN.N=C(N)c1ccc2cc(OC(=O)c3ccc(N=CN)cc3)ccc2c1. The lowest BCUT2D eigenvalue weighted by Crippen LogP contribution is -2.10. The molecule has 0 saturated carbocycles. The van der Waals surface area contributed by atoms with Gasteiger partial charge in [0.05, 0.1) is 17.6 Å². The van der Waals surface area contributed by atoms with Crippen LogP contribution in [0.1, 0.15) is 15.9 Å². The predicted octanol–water partition coefficient (Wildman–Crippen LogP) is 2.54. The van der Waals surface area contributed by atoms with E-state index in [1.54, 1.807) is 42.5 Å². The lowest BCUT2D eigenvalue weighted by atomic mass is 10.1. The number of carbonyl (C=O) groups excluding carboxylic acids is 1. The maximum atomic E-state index is 12.2. The number of nitrogens with zero attached hydrogens (tertiary/aromatic N) is 1. The molecule has 0 saturated heterocycles. The molecule has 7 N–H and O–H groups in total. The Bertz CT molecular complexity index is 981. The molecule has 3 rings (SSSR count). The first kappa shape index (κ1) is 19.6. The van der Waals surface area contributed by atoms with E-state index in [-0.39, 0.29) is 5.84 Å². The smallest absolute Gasteiger partial charge is 0.343 e. The third-order valence-corrected chi connectivity index (χ3v) is 3.66. The first-order valence-corrected chi connectivity index (χ1v) is 8.09. The van der Waals surface area contributed by atoms with Crippen LogP contribution in [0.3, 0.4) is 0 Å². The Kier molecular flexibility index (Phi) is 6.62. The quantitative estimate of drug-likeness (QED) is 0.244. The number of esters is 1. The van der Waals surface area contributed by atoms with Gasteiger partial charge in [-0.25, -0.2) is 9.79 Å². The van der Waals surface area contributed by atoms with Crippen molar-refractivity contribution in [2.75, 3.05) is 7.05 Å². The largest absolute Gasteiger partial charge is 0.423 e. The summed E-state index contributed by atoms with van der Waals surface area (Å²) in [6, 6.07) is 17.3. The van der Waals surface area contributed by atoms with Crippen molar-refractivity contribution < 1.29 is 9.53 Å². The molecule has 0 aromatic heterocycles. The van der Waals surface area contributed by atoms with Crippen LogP contribution >= 0.6 is 0 Å². The lowest BCUT2D eigenvalue weighted by Gasteiger charge is -2.07. The molecule has 0 fully saturated rings. The summed E-state index contributed by atoms with van der Waals surface area (Å²) >= 11 is 0. The molecule has 0 radical (unpaired) electrons. The summed E-state index contributed by atoms with van der Waals surface area (Å²) in [7, 11) is 1.50. The van der Waals surface area contributed by atoms with Crippen LogP contribution in [0.4, 0.5) is 5.69 Å². The van der Waals surface area contributed by atoms with E-state index in [0.29, 0.717) is 22.6 Å². The van der Waals surface area contributed by atoms with Crippen LogP contribution in [0.15, 0.2) is 65.7 Å². The fraction of sp³-hybridized carbons (Fsp3) is 0.0500. The van der Waals surface area contributed by atoms with E-state index in [2.05, 4.69) is 10.7 Å². The van der Waals surface area contributed by atoms with Gasteiger partial charge in [0.25, 0.3) is 0 Å². The summed E-state index contributed by atoms with van der Waals surface area (Å²) in [6.45, 7) is 0. The van der Waals surface area contributed by atoms with E-state index in [0.717, 1.165) is 10.8 Å². The Morgan fingerprint density at radius 1 is 0.963 bits per heavy atom. The summed E-state index contributed by atoms with van der Waals surface area (Å²) in [5.74, 6) is -0.0000591. The zero-order valence-electron chi connectivity index (χ0n) is 14.8. The van der Waals surface area contributed by atoms with Crippen LogP contribution in [0, 0.1) is 5.41 Å². The first-order chi connectivity index (χ1) is 13.1. The Hall–Kier alpha value is -3.71. The fourth-order valence-corrected chi connectivity index (χ4v) is 2.39. The van der Waals surface area contributed by atoms with E-state index in [1.807, 2.05) is 18.2 Å². The summed E-state index contributed by atoms with van der Waals surface area (Å²) in [4.78, 5) is 16.2. The third kappa shape index (κ3) is 4.90. The normalized spacial score (nSPS) is 10.3. The second-order valence-electron chi connectivity index (χ2n) is 5.35. The number of nitrogens with one attached hydrogen (secondary N) is 1. The second-order valence-corrected chi connectivity index (χ2v) is 5.35. The van der Waals surface area contributed by atoms with Gasteiger partial charge in [-0.15, -0.1) is 0 Å². The van der Waals surface area contributed by atoms with Crippen molar-refractivity contribution in [1.82, 2.24) is 0 Å². The topological polar surface area (TPSA) is 141 Å². The Morgan fingerprint density at radius 3 is 2.19 bits per heavy atom. The van der Waals surface area contributed by atoms with Gasteiger partial charge in [-0.3, -0.25) is 5.41 Å². The average Bonchev–Trinajstić information content (AvgIpc) is 2.69. The van der Waals surface area contributed by atoms with Crippen LogP contribution in [0.25, 0.3) is 10.8 Å². The molecule has 0 spiro atoms. The lowest BCUT2D eigenvalue weighted by molar-refractivity contribution is 0.0735. The number of amidine groups is 1. The predicted molar refractivity (Wildman–Crippen MR) is 109 cm³/mol. The summed E-state index contributed by atoms with van der Waals surface area (Å²) in [5, 5.41) is 9.28. The molecule has 138 valence electrons. The molecular formula is C20H21N5O2. The molecule has 0 aliphatic heterocycles. The molecule has 7 heteroatoms. The molecule has 0 aliphatic rings. The minimum atomic E-state index is -0.456. The van der Waals surface area contributed by atoms with Gasteiger partial charge in [0, 0.05) is 5.56 Å².